The summed E-state index contributed by atoms with van der Waals surface area (Å²) < 4.78 is 85.2. The normalized spacial score (nSPS) is 12.9. The molecule has 0 aliphatic heterocycles. The molecule has 0 aliphatic carbocycles. The number of hydrogen-bond acceptors (Lipinski definition) is 4. The zero-order valence-corrected chi connectivity index (χ0v) is 25.2. The monoisotopic (exact) mass is 691 g/mol. The quantitative estimate of drug-likeness (QED) is 0.135. The Balaban J connectivity index is 1.42. The summed E-state index contributed by atoms with van der Waals surface area (Å²) in [4.78, 5) is 29.5. The molecule has 1 amide bonds. The number of amides is 1. The van der Waals surface area contributed by atoms with Crippen molar-refractivity contribution in [2.45, 2.75) is 24.7 Å². The van der Waals surface area contributed by atoms with E-state index in [-0.39, 0.29) is 27.6 Å². The zero-order chi connectivity index (χ0) is 34.0. The number of nitrogens with one attached hydrogen (secondary N) is 2. The van der Waals surface area contributed by atoms with Crippen LogP contribution in [0.15, 0.2) is 85.1 Å². The minimum atomic E-state index is -4.84. The fourth-order valence-electron chi connectivity index (χ4n) is 5.10. The van der Waals surface area contributed by atoms with E-state index in [2.05, 4.69) is 10.3 Å². The highest BCUT2D eigenvalue weighted by Gasteiger charge is 2.41. The van der Waals surface area contributed by atoms with E-state index in [1.54, 1.807) is 12.1 Å². The standard InChI is InChI=1S/C33H21Cl2F6N3O3/c34-22-12-18(36)13-23(35)27(22)21-9-8-17(20-7-4-10-42-29(20)21)11-26(32(46)47)44-31(45)28-24(37)14-19(15-25(28)38)43-30(33(39,40)41)16-5-2-1-3-6-16/h1-10,12-15,26,30,43H,11H2,(H,44,45)(H,46,47)/t26-,30?/m0/s1. The maximum Gasteiger partial charge on any atom is 0.412 e. The molecule has 0 fully saturated rings. The molecule has 0 saturated carbocycles. The van der Waals surface area contributed by atoms with Crippen LogP contribution in [0.1, 0.15) is 27.5 Å². The summed E-state index contributed by atoms with van der Waals surface area (Å²) in [6, 6.07) is 12.0. The van der Waals surface area contributed by atoms with E-state index in [0.29, 0.717) is 34.2 Å². The number of carboxylic acids is 1. The van der Waals surface area contributed by atoms with Crippen molar-refractivity contribution < 1.29 is 41.0 Å². The van der Waals surface area contributed by atoms with Gasteiger partial charge < -0.3 is 15.7 Å². The van der Waals surface area contributed by atoms with Crippen LogP contribution in [0, 0.1) is 17.5 Å². The van der Waals surface area contributed by atoms with Gasteiger partial charge in [0, 0.05) is 34.8 Å². The van der Waals surface area contributed by atoms with Gasteiger partial charge in [-0.1, -0.05) is 71.7 Å². The van der Waals surface area contributed by atoms with Gasteiger partial charge in [-0.3, -0.25) is 9.78 Å². The van der Waals surface area contributed by atoms with Gasteiger partial charge in [-0.15, -0.1) is 0 Å². The number of alkyl halides is 3. The van der Waals surface area contributed by atoms with Crippen molar-refractivity contribution in [2.75, 3.05) is 5.32 Å². The number of carbonyl (C=O) groups is 2. The number of benzene rings is 4. The van der Waals surface area contributed by atoms with E-state index in [0.717, 1.165) is 12.1 Å². The highest BCUT2D eigenvalue weighted by Crippen LogP contribution is 2.40. The van der Waals surface area contributed by atoms with Gasteiger partial charge in [0.15, 0.2) is 0 Å². The van der Waals surface area contributed by atoms with Crippen LogP contribution in [0.3, 0.4) is 0 Å². The lowest BCUT2D eigenvalue weighted by Gasteiger charge is -2.23. The lowest BCUT2D eigenvalue weighted by atomic mass is 9.95. The Morgan fingerprint density at radius 3 is 2.11 bits per heavy atom. The molecule has 6 nitrogen and oxygen atoms in total. The summed E-state index contributed by atoms with van der Waals surface area (Å²) in [5, 5.41) is 14.5. The lowest BCUT2D eigenvalue weighted by molar-refractivity contribution is -0.144. The number of hydrogen-bond donors (Lipinski definition) is 3. The van der Waals surface area contributed by atoms with Crippen molar-refractivity contribution in [3.8, 4) is 11.1 Å². The summed E-state index contributed by atoms with van der Waals surface area (Å²) in [5.41, 5.74) is -0.630. The highest BCUT2D eigenvalue weighted by atomic mass is 35.5. The topological polar surface area (TPSA) is 91.3 Å². The van der Waals surface area contributed by atoms with E-state index in [4.69, 9.17) is 23.2 Å². The van der Waals surface area contributed by atoms with E-state index >= 15 is 8.78 Å². The second-order valence-corrected chi connectivity index (χ2v) is 11.1. The fourth-order valence-corrected chi connectivity index (χ4v) is 5.77. The first-order valence-corrected chi connectivity index (χ1v) is 14.4. The van der Waals surface area contributed by atoms with E-state index in [1.165, 1.54) is 48.7 Å². The Morgan fingerprint density at radius 2 is 1.51 bits per heavy atom. The maximum absolute atomic E-state index is 15.1. The highest BCUT2D eigenvalue weighted by molar-refractivity contribution is 6.39. The van der Waals surface area contributed by atoms with Crippen LogP contribution in [0.25, 0.3) is 22.0 Å². The number of anilines is 1. The lowest BCUT2D eigenvalue weighted by Crippen LogP contribution is -2.43. The molecule has 0 spiro atoms. The average Bonchev–Trinajstić information content (AvgIpc) is 2.99. The predicted molar refractivity (Wildman–Crippen MR) is 165 cm³/mol. The third kappa shape index (κ3) is 7.28. The predicted octanol–water partition coefficient (Wildman–Crippen LogP) is 8.77. The number of halogens is 8. The minimum absolute atomic E-state index is 0.00430. The van der Waals surface area contributed by atoms with Gasteiger partial charge in [0.05, 0.1) is 15.6 Å². The van der Waals surface area contributed by atoms with Crippen molar-refractivity contribution in [3.63, 3.8) is 0 Å². The van der Waals surface area contributed by atoms with Gasteiger partial charge >= 0.3 is 12.1 Å². The van der Waals surface area contributed by atoms with Crippen LogP contribution in [0.4, 0.5) is 32.0 Å². The van der Waals surface area contributed by atoms with Crippen LogP contribution in [0.5, 0.6) is 0 Å². The number of fused-ring (bicyclic) bond motifs is 1. The second-order valence-electron chi connectivity index (χ2n) is 10.3. The molecule has 14 heteroatoms. The zero-order valence-electron chi connectivity index (χ0n) is 23.7. The number of pyridine rings is 1. The van der Waals surface area contributed by atoms with Gasteiger partial charge in [-0.25, -0.2) is 18.0 Å². The Morgan fingerprint density at radius 1 is 0.872 bits per heavy atom. The Labute approximate surface area is 273 Å². The Bertz CT molecular complexity index is 1950. The van der Waals surface area contributed by atoms with E-state index < -0.39 is 58.8 Å². The van der Waals surface area contributed by atoms with Crippen molar-refractivity contribution in [3.05, 3.63) is 129 Å². The number of carbonyl (C=O) groups excluding carboxylic acids is 1. The molecule has 3 N–H and O–H groups in total. The second kappa shape index (κ2) is 13.5. The maximum atomic E-state index is 15.1. The fraction of sp³-hybridized carbons (Fsp3) is 0.121. The molecule has 242 valence electrons. The third-order valence-corrected chi connectivity index (χ3v) is 7.80. The number of aliphatic carboxylic acids is 1. The SMILES string of the molecule is O=C(N[C@@H](Cc1ccc(-c2c(Cl)cc(F)cc2Cl)c2ncccc12)C(=O)O)c1c(F)cc(NC(c2ccccc2)C(F)(F)F)cc1F. The van der Waals surface area contributed by atoms with Crippen LogP contribution in [-0.4, -0.2) is 34.2 Å². The van der Waals surface area contributed by atoms with Crippen LogP contribution in [0.2, 0.25) is 10.0 Å². The van der Waals surface area contributed by atoms with Gasteiger partial charge in [-0.2, -0.15) is 13.2 Å². The largest absolute Gasteiger partial charge is 0.480 e. The van der Waals surface area contributed by atoms with Crippen molar-refractivity contribution in [1.82, 2.24) is 10.3 Å². The molecule has 0 radical (unpaired) electrons. The molecule has 1 aromatic heterocycles. The van der Waals surface area contributed by atoms with Gasteiger partial charge in [0.2, 0.25) is 0 Å². The number of carboxylic acid groups (broad SMARTS) is 1. The summed E-state index contributed by atoms with van der Waals surface area (Å²) in [6.45, 7) is 0. The van der Waals surface area contributed by atoms with Crippen molar-refractivity contribution in [1.29, 1.82) is 0 Å². The summed E-state index contributed by atoms with van der Waals surface area (Å²) in [7, 11) is 0. The van der Waals surface area contributed by atoms with Crippen molar-refractivity contribution in [2.24, 2.45) is 0 Å². The molecular formula is C33H21Cl2F6N3O3. The average molecular weight is 692 g/mol. The number of nitrogens with zero attached hydrogens (tertiary/aromatic N) is 1. The van der Waals surface area contributed by atoms with Gasteiger partial charge in [0.1, 0.15) is 35.1 Å². The molecule has 5 rings (SSSR count). The minimum Gasteiger partial charge on any atom is -0.480 e. The Kier molecular flexibility index (Phi) is 9.64. The molecular weight excluding hydrogens is 671 g/mol. The molecule has 0 aliphatic rings. The smallest absolute Gasteiger partial charge is 0.412 e. The molecule has 4 aromatic carbocycles. The van der Waals surface area contributed by atoms with Crippen molar-refractivity contribution >= 4 is 51.7 Å². The van der Waals surface area contributed by atoms with E-state index in [1.807, 2.05) is 5.32 Å². The molecule has 1 unspecified atom stereocenters. The molecule has 0 bridgehead atoms. The first-order valence-electron chi connectivity index (χ1n) is 13.7. The van der Waals surface area contributed by atoms with Gasteiger partial charge in [-0.05, 0) is 41.5 Å². The molecule has 2 atom stereocenters. The number of aromatic nitrogens is 1. The first-order chi connectivity index (χ1) is 22.2. The Hall–Kier alpha value is -4.81. The summed E-state index contributed by atoms with van der Waals surface area (Å²) in [5.74, 6) is -6.68. The van der Waals surface area contributed by atoms with Gasteiger partial charge in [0.25, 0.3) is 5.91 Å². The van der Waals surface area contributed by atoms with Crippen LogP contribution in [-0.2, 0) is 11.2 Å². The number of rotatable bonds is 9. The molecule has 5 aromatic rings. The third-order valence-electron chi connectivity index (χ3n) is 7.20. The van der Waals surface area contributed by atoms with E-state index in [9.17, 15) is 32.3 Å². The summed E-state index contributed by atoms with van der Waals surface area (Å²) in [6.07, 6.45) is -3.76. The van der Waals surface area contributed by atoms with Crippen LogP contribution < -0.4 is 10.6 Å². The summed E-state index contributed by atoms with van der Waals surface area (Å²) >= 11 is 12.5. The molecule has 1 heterocycles. The molecule has 0 saturated heterocycles. The molecule has 47 heavy (non-hydrogen) atoms. The first kappa shape index (κ1) is 33.6. The van der Waals surface area contributed by atoms with Crippen LogP contribution >= 0.6 is 23.2 Å².